The summed E-state index contributed by atoms with van der Waals surface area (Å²) in [6.07, 6.45) is 3.21. The topological polar surface area (TPSA) is 272 Å². The van der Waals surface area contributed by atoms with Crippen LogP contribution in [0.3, 0.4) is 0 Å². The molecule has 226 valence electrons. The molecule has 41 heavy (non-hydrogen) atoms. The monoisotopic (exact) mass is 597 g/mol. The van der Waals surface area contributed by atoms with Crippen LogP contribution in [0.4, 0.5) is 0 Å². The summed E-state index contributed by atoms with van der Waals surface area (Å²) < 4.78 is 0. The maximum Gasteiger partial charge on any atom is 0.245 e. The first kappa shape index (κ1) is 33.0. The molecule has 1 fully saturated rings. The molecule has 0 aliphatic carbocycles. The highest BCUT2D eigenvalue weighted by Crippen LogP contribution is 2.17. The number of aromatic nitrogens is 2. The molecule has 0 radical (unpaired) electrons. The minimum atomic E-state index is -1.56. The zero-order chi connectivity index (χ0) is 30.7. The van der Waals surface area contributed by atoms with Crippen LogP contribution >= 0.6 is 12.6 Å². The molecular formula is C23H35N9O8S. The Morgan fingerprint density at radius 1 is 1.02 bits per heavy atom. The van der Waals surface area contributed by atoms with Gasteiger partial charge in [0.25, 0.3) is 0 Å². The van der Waals surface area contributed by atoms with Crippen LogP contribution in [0.1, 0.15) is 31.9 Å². The number of aliphatic hydroxyl groups is 1. The minimum absolute atomic E-state index is 0.0554. The van der Waals surface area contributed by atoms with Gasteiger partial charge in [0.05, 0.1) is 19.4 Å². The lowest BCUT2D eigenvalue weighted by Crippen LogP contribution is -2.60. The number of primary amides is 2. The summed E-state index contributed by atoms with van der Waals surface area (Å²) in [5, 5.41) is 19.2. The molecule has 1 aromatic heterocycles. The number of H-pyrrole nitrogens is 1. The molecule has 17 nitrogen and oxygen atoms in total. The number of aliphatic hydroxyl groups excluding tert-OH is 1. The number of carbonyl (C=O) groups excluding carboxylic acids is 7. The Labute approximate surface area is 240 Å². The van der Waals surface area contributed by atoms with Gasteiger partial charge in [-0.05, 0) is 12.8 Å². The first-order chi connectivity index (χ1) is 19.4. The molecule has 5 atom stereocenters. The number of likely N-dealkylation sites (tertiary alicyclic amines) is 1. The van der Waals surface area contributed by atoms with Crippen molar-refractivity contribution in [2.45, 2.75) is 62.8 Å². The molecule has 10 N–H and O–H groups in total. The summed E-state index contributed by atoms with van der Waals surface area (Å²) in [5.41, 5.74) is 10.7. The van der Waals surface area contributed by atoms with Crippen LogP contribution in [0, 0.1) is 0 Å². The molecule has 1 aliphatic rings. The number of nitrogens with one attached hydrogen (secondary N) is 5. The van der Waals surface area contributed by atoms with Crippen molar-refractivity contribution in [3.05, 3.63) is 18.2 Å². The molecule has 2 heterocycles. The van der Waals surface area contributed by atoms with Crippen LogP contribution < -0.4 is 32.7 Å². The van der Waals surface area contributed by atoms with Gasteiger partial charge in [-0.2, -0.15) is 12.6 Å². The van der Waals surface area contributed by atoms with E-state index in [1.807, 2.05) is 0 Å². The minimum Gasteiger partial charge on any atom is -0.394 e. The predicted molar refractivity (Wildman–Crippen MR) is 144 cm³/mol. The molecule has 0 spiro atoms. The second-order valence-electron chi connectivity index (χ2n) is 9.33. The van der Waals surface area contributed by atoms with Gasteiger partial charge in [0.2, 0.25) is 41.4 Å². The fourth-order valence-corrected chi connectivity index (χ4v) is 4.40. The molecule has 5 unspecified atom stereocenters. The number of nitrogens with zero attached hydrogens (tertiary/aromatic N) is 2. The van der Waals surface area contributed by atoms with E-state index in [0.717, 1.165) is 0 Å². The Bertz CT molecular complexity index is 1130. The summed E-state index contributed by atoms with van der Waals surface area (Å²) in [6, 6.07) is -6.34. The Balaban J connectivity index is 2.11. The fourth-order valence-electron chi connectivity index (χ4n) is 4.14. The Hall–Kier alpha value is -4.19. The van der Waals surface area contributed by atoms with Crippen molar-refractivity contribution in [3.8, 4) is 0 Å². The standard InChI is InChI=1S/C23H35N9O8S/c1-11(34)32-4-2-3-17(32)23(40)29-14(5-12-7-26-10-27-12)20(37)30-15(8-33)21(38)31-16(9-41)22(39)28-13(19(25)36)6-18(24)35/h7,10,13-17,33,41H,2-6,8-9H2,1H3,(H2,24,35)(H2,25,36)(H,26,27)(H,28,39)(H,29,40)(H,30,37)(H,31,38). The molecular weight excluding hydrogens is 562 g/mol. The number of aromatic amines is 1. The first-order valence-corrected chi connectivity index (χ1v) is 13.3. The zero-order valence-corrected chi connectivity index (χ0v) is 23.2. The number of imidazole rings is 1. The SMILES string of the molecule is CC(=O)N1CCCC1C(=O)NC(Cc1cnc[nH]1)C(=O)NC(CO)C(=O)NC(CS)C(=O)NC(CC(N)=O)C(N)=O. The van der Waals surface area contributed by atoms with Gasteiger partial charge in [0.1, 0.15) is 30.2 Å². The highest BCUT2D eigenvalue weighted by Gasteiger charge is 2.36. The van der Waals surface area contributed by atoms with Gasteiger partial charge < -0.3 is 47.7 Å². The van der Waals surface area contributed by atoms with E-state index in [0.29, 0.717) is 25.1 Å². The lowest BCUT2D eigenvalue weighted by atomic mass is 10.1. The largest absolute Gasteiger partial charge is 0.394 e. The van der Waals surface area contributed by atoms with E-state index in [9.17, 15) is 38.7 Å². The van der Waals surface area contributed by atoms with E-state index in [-0.39, 0.29) is 18.1 Å². The summed E-state index contributed by atoms with van der Waals surface area (Å²) >= 11 is 4.01. The van der Waals surface area contributed by atoms with Gasteiger partial charge in [-0.25, -0.2) is 4.98 Å². The van der Waals surface area contributed by atoms with E-state index >= 15 is 0 Å². The van der Waals surface area contributed by atoms with E-state index in [4.69, 9.17) is 11.5 Å². The Morgan fingerprint density at radius 2 is 1.63 bits per heavy atom. The fraction of sp³-hybridized carbons (Fsp3) is 0.565. The first-order valence-electron chi connectivity index (χ1n) is 12.6. The molecule has 0 aromatic carbocycles. The molecule has 1 aromatic rings. The van der Waals surface area contributed by atoms with Crippen LogP contribution in [0.25, 0.3) is 0 Å². The van der Waals surface area contributed by atoms with Gasteiger partial charge in [-0.15, -0.1) is 0 Å². The quantitative estimate of drug-likeness (QED) is 0.0876. The van der Waals surface area contributed by atoms with Gasteiger partial charge in [0.15, 0.2) is 0 Å². The molecule has 0 bridgehead atoms. The van der Waals surface area contributed by atoms with Gasteiger partial charge in [-0.1, -0.05) is 0 Å². The normalized spacial score (nSPS) is 17.4. The molecule has 0 saturated carbocycles. The number of rotatable bonds is 15. The highest BCUT2D eigenvalue weighted by atomic mass is 32.1. The average Bonchev–Trinajstić information content (AvgIpc) is 3.61. The van der Waals surface area contributed by atoms with Crippen LogP contribution in [0.2, 0.25) is 0 Å². The number of nitrogens with two attached hydrogens (primary N) is 2. The lowest BCUT2D eigenvalue weighted by molar-refractivity contribution is -0.138. The lowest BCUT2D eigenvalue weighted by Gasteiger charge is -2.27. The highest BCUT2D eigenvalue weighted by molar-refractivity contribution is 7.80. The third kappa shape index (κ3) is 9.75. The average molecular weight is 598 g/mol. The smallest absolute Gasteiger partial charge is 0.245 e. The van der Waals surface area contributed by atoms with Gasteiger partial charge in [0, 0.05) is 37.5 Å². The van der Waals surface area contributed by atoms with E-state index < -0.39 is 78.7 Å². The van der Waals surface area contributed by atoms with Crippen molar-refractivity contribution in [3.63, 3.8) is 0 Å². The van der Waals surface area contributed by atoms with E-state index in [1.54, 1.807) is 0 Å². The number of hydrogen-bond acceptors (Lipinski definition) is 10. The van der Waals surface area contributed by atoms with Crippen molar-refractivity contribution in [2.75, 3.05) is 18.9 Å². The molecule has 1 saturated heterocycles. The summed E-state index contributed by atoms with van der Waals surface area (Å²) in [6.45, 7) is 0.866. The zero-order valence-electron chi connectivity index (χ0n) is 22.3. The second-order valence-corrected chi connectivity index (χ2v) is 9.70. The van der Waals surface area contributed by atoms with Crippen molar-refractivity contribution in [2.24, 2.45) is 11.5 Å². The summed E-state index contributed by atoms with van der Waals surface area (Å²) in [4.78, 5) is 94.3. The Morgan fingerprint density at radius 3 is 2.17 bits per heavy atom. The third-order valence-corrected chi connectivity index (χ3v) is 6.63. The summed E-state index contributed by atoms with van der Waals surface area (Å²) in [5.74, 6) is -5.78. The predicted octanol–water partition coefficient (Wildman–Crippen LogP) is -4.81. The molecule has 2 rings (SSSR count). The molecule has 1 aliphatic heterocycles. The Kier molecular flexibility index (Phi) is 12.5. The number of carbonyl (C=O) groups is 7. The number of hydrogen-bond donors (Lipinski definition) is 9. The van der Waals surface area contributed by atoms with Crippen LogP contribution in [-0.4, -0.2) is 110 Å². The molecule has 18 heteroatoms. The van der Waals surface area contributed by atoms with Crippen molar-refractivity contribution in [1.29, 1.82) is 0 Å². The second kappa shape index (κ2) is 15.6. The van der Waals surface area contributed by atoms with Gasteiger partial charge >= 0.3 is 0 Å². The number of amides is 7. The maximum absolute atomic E-state index is 13.2. The maximum atomic E-state index is 13.2. The van der Waals surface area contributed by atoms with E-state index in [2.05, 4.69) is 43.9 Å². The molecule has 7 amide bonds. The van der Waals surface area contributed by atoms with Crippen molar-refractivity contribution >= 4 is 54.0 Å². The van der Waals surface area contributed by atoms with Crippen LogP contribution in [-0.2, 0) is 40.0 Å². The van der Waals surface area contributed by atoms with Crippen molar-refractivity contribution < 1.29 is 38.7 Å². The van der Waals surface area contributed by atoms with Crippen LogP contribution in [0.15, 0.2) is 12.5 Å². The van der Waals surface area contributed by atoms with Crippen LogP contribution in [0.5, 0.6) is 0 Å². The van der Waals surface area contributed by atoms with E-state index in [1.165, 1.54) is 24.3 Å². The van der Waals surface area contributed by atoms with Crippen molar-refractivity contribution in [1.82, 2.24) is 36.1 Å². The summed E-state index contributed by atoms with van der Waals surface area (Å²) in [7, 11) is 0. The van der Waals surface area contributed by atoms with Gasteiger partial charge in [-0.3, -0.25) is 33.6 Å². The number of thiol groups is 1. The third-order valence-electron chi connectivity index (χ3n) is 6.27.